The first-order valence-corrected chi connectivity index (χ1v) is 7.59. The van der Waals surface area contributed by atoms with Crippen LogP contribution in [0.4, 0.5) is 0 Å². The van der Waals surface area contributed by atoms with Crippen LogP contribution in [0.1, 0.15) is 20.8 Å². The number of carbonyl (C=O) groups excluding carboxylic acids is 1. The Hall–Kier alpha value is -0.420. The first kappa shape index (κ1) is 19.6. The van der Waals surface area contributed by atoms with Gasteiger partial charge in [0.2, 0.25) is 5.91 Å². The quantitative estimate of drug-likeness (QED) is 0.640. The topological polar surface area (TPSA) is 55.1 Å². The third-order valence-corrected chi connectivity index (χ3v) is 3.96. The molecule has 1 amide bonds. The molecule has 6 heteroatoms. The van der Waals surface area contributed by atoms with Crippen LogP contribution < -0.4 is 11.1 Å². The molecule has 0 aliphatic rings. The lowest BCUT2D eigenvalue weighted by molar-refractivity contribution is -0.124. The summed E-state index contributed by atoms with van der Waals surface area (Å²) in [7, 11) is 0. The standard InChI is InChI=1S/C14H21ClN2OS.ClH/c1-14(2,3)12(16)13(18)17-8-9-19-11-6-4-10(15)5-7-11;/h4-7,12H,8-9,16H2,1-3H3,(H,17,18);1H/t12-;/m1./s1. The summed E-state index contributed by atoms with van der Waals surface area (Å²) >= 11 is 7.49. The molecule has 0 aliphatic heterocycles. The Balaban J connectivity index is 0.00000361. The summed E-state index contributed by atoms with van der Waals surface area (Å²) < 4.78 is 0. The maximum Gasteiger partial charge on any atom is 0.237 e. The van der Waals surface area contributed by atoms with Crippen molar-refractivity contribution in [3.05, 3.63) is 29.3 Å². The molecule has 3 nitrogen and oxygen atoms in total. The van der Waals surface area contributed by atoms with Gasteiger partial charge in [-0.25, -0.2) is 0 Å². The first-order chi connectivity index (χ1) is 8.80. The molecule has 0 saturated carbocycles. The summed E-state index contributed by atoms with van der Waals surface area (Å²) in [5.74, 6) is 0.716. The highest BCUT2D eigenvalue weighted by Crippen LogP contribution is 2.20. The minimum Gasteiger partial charge on any atom is -0.354 e. The fourth-order valence-corrected chi connectivity index (χ4v) is 2.27. The number of benzene rings is 1. The van der Waals surface area contributed by atoms with E-state index >= 15 is 0 Å². The van der Waals surface area contributed by atoms with Gasteiger partial charge in [-0.1, -0.05) is 32.4 Å². The van der Waals surface area contributed by atoms with Gasteiger partial charge in [-0.3, -0.25) is 4.79 Å². The molecule has 0 fully saturated rings. The summed E-state index contributed by atoms with van der Waals surface area (Å²) in [4.78, 5) is 12.9. The molecule has 114 valence electrons. The minimum absolute atomic E-state index is 0. The van der Waals surface area contributed by atoms with Crippen LogP contribution in [0.5, 0.6) is 0 Å². The van der Waals surface area contributed by atoms with E-state index in [1.54, 1.807) is 11.8 Å². The summed E-state index contributed by atoms with van der Waals surface area (Å²) in [6.45, 7) is 6.48. The molecular weight excluding hydrogens is 315 g/mol. The lowest BCUT2D eigenvalue weighted by Gasteiger charge is -2.25. The molecule has 0 aromatic heterocycles. The normalized spacial score (nSPS) is 12.4. The Morgan fingerprint density at radius 1 is 1.35 bits per heavy atom. The molecule has 0 radical (unpaired) electrons. The predicted octanol–water partition coefficient (Wildman–Crippen LogP) is 3.34. The summed E-state index contributed by atoms with van der Waals surface area (Å²) in [5.41, 5.74) is 5.66. The van der Waals surface area contributed by atoms with E-state index in [9.17, 15) is 4.79 Å². The number of thioether (sulfide) groups is 1. The number of nitrogens with two attached hydrogens (primary N) is 1. The number of nitrogens with one attached hydrogen (secondary N) is 1. The van der Waals surface area contributed by atoms with Crippen molar-refractivity contribution in [3.8, 4) is 0 Å². The van der Waals surface area contributed by atoms with Crippen molar-refractivity contribution >= 4 is 41.7 Å². The molecule has 0 aliphatic carbocycles. The monoisotopic (exact) mass is 336 g/mol. The second kappa shape index (κ2) is 8.78. The molecule has 1 rings (SSSR count). The summed E-state index contributed by atoms with van der Waals surface area (Å²) in [6.07, 6.45) is 0. The van der Waals surface area contributed by atoms with Gasteiger partial charge in [0.05, 0.1) is 6.04 Å². The maximum atomic E-state index is 11.8. The lowest BCUT2D eigenvalue weighted by atomic mass is 9.87. The largest absolute Gasteiger partial charge is 0.354 e. The second-order valence-electron chi connectivity index (χ2n) is 5.44. The Morgan fingerprint density at radius 2 is 1.90 bits per heavy atom. The average Bonchev–Trinajstić information content (AvgIpc) is 2.34. The Bertz CT molecular complexity index is 418. The highest BCUT2D eigenvalue weighted by Gasteiger charge is 2.26. The molecule has 0 spiro atoms. The van der Waals surface area contributed by atoms with Crippen LogP contribution in [-0.2, 0) is 4.79 Å². The van der Waals surface area contributed by atoms with Gasteiger partial charge >= 0.3 is 0 Å². The number of halogens is 2. The molecule has 1 aromatic rings. The molecule has 1 aromatic carbocycles. The minimum atomic E-state index is -0.479. The zero-order valence-corrected chi connectivity index (χ0v) is 14.4. The zero-order chi connectivity index (χ0) is 14.5. The molecule has 3 N–H and O–H groups in total. The van der Waals surface area contributed by atoms with Crippen molar-refractivity contribution in [2.24, 2.45) is 11.1 Å². The molecule has 0 unspecified atom stereocenters. The third kappa shape index (κ3) is 6.84. The molecule has 0 saturated heterocycles. The van der Waals surface area contributed by atoms with Crippen LogP contribution in [0, 0.1) is 5.41 Å². The third-order valence-electron chi connectivity index (χ3n) is 2.70. The number of rotatable bonds is 5. The van der Waals surface area contributed by atoms with Crippen LogP contribution in [0.15, 0.2) is 29.2 Å². The fourth-order valence-electron chi connectivity index (χ4n) is 1.38. The van der Waals surface area contributed by atoms with Crippen molar-refractivity contribution in [1.82, 2.24) is 5.32 Å². The Morgan fingerprint density at radius 3 is 2.40 bits per heavy atom. The van der Waals surface area contributed by atoms with E-state index in [1.165, 1.54) is 0 Å². The smallest absolute Gasteiger partial charge is 0.237 e. The van der Waals surface area contributed by atoms with E-state index in [2.05, 4.69) is 5.32 Å². The Labute approximate surface area is 136 Å². The van der Waals surface area contributed by atoms with E-state index in [0.717, 1.165) is 15.7 Å². The van der Waals surface area contributed by atoms with Crippen molar-refractivity contribution < 1.29 is 4.79 Å². The molecular formula is C14H22Cl2N2OS. The maximum absolute atomic E-state index is 11.8. The highest BCUT2D eigenvalue weighted by atomic mass is 35.5. The van der Waals surface area contributed by atoms with Crippen LogP contribution in [0.25, 0.3) is 0 Å². The predicted molar refractivity (Wildman–Crippen MR) is 89.9 cm³/mol. The average molecular weight is 337 g/mol. The molecule has 1 atom stereocenters. The number of amides is 1. The van der Waals surface area contributed by atoms with Crippen LogP contribution in [0.2, 0.25) is 5.02 Å². The van der Waals surface area contributed by atoms with E-state index in [4.69, 9.17) is 17.3 Å². The molecule has 0 bridgehead atoms. The van der Waals surface area contributed by atoms with E-state index in [0.29, 0.717) is 6.54 Å². The van der Waals surface area contributed by atoms with Crippen LogP contribution in [0.3, 0.4) is 0 Å². The number of carbonyl (C=O) groups is 1. The van der Waals surface area contributed by atoms with Crippen molar-refractivity contribution in [3.63, 3.8) is 0 Å². The number of hydrogen-bond acceptors (Lipinski definition) is 3. The van der Waals surface area contributed by atoms with E-state index in [1.807, 2.05) is 45.0 Å². The zero-order valence-electron chi connectivity index (χ0n) is 12.0. The van der Waals surface area contributed by atoms with Gasteiger partial charge in [0.15, 0.2) is 0 Å². The first-order valence-electron chi connectivity index (χ1n) is 6.22. The SMILES string of the molecule is CC(C)(C)[C@H](N)C(=O)NCCSc1ccc(Cl)cc1.Cl. The highest BCUT2D eigenvalue weighted by molar-refractivity contribution is 7.99. The van der Waals surface area contributed by atoms with Gasteiger partial charge in [-0.05, 0) is 29.7 Å². The Kier molecular flexibility index (Phi) is 8.59. The molecule has 20 heavy (non-hydrogen) atoms. The second-order valence-corrected chi connectivity index (χ2v) is 7.04. The van der Waals surface area contributed by atoms with Crippen LogP contribution in [-0.4, -0.2) is 24.2 Å². The van der Waals surface area contributed by atoms with E-state index < -0.39 is 6.04 Å². The van der Waals surface area contributed by atoms with Gasteiger partial charge in [0.25, 0.3) is 0 Å². The van der Waals surface area contributed by atoms with Gasteiger partial charge in [0.1, 0.15) is 0 Å². The van der Waals surface area contributed by atoms with Crippen molar-refractivity contribution in [2.45, 2.75) is 31.7 Å². The van der Waals surface area contributed by atoms with Gasteiger partial charge in [-0.15, -0.1) is 24.2 Å². The van der Waals surface area contributed by atoms with Crippen LogP contribution >= 0.6 is 35.8 Å². The van der Waals surface area contributed by atoms with Gasteiger partial charge < -0.3 is 11.1 Å². The van der Waals surface area contributed by atoms with Gasteiger partial charge in [0, 0.05) is 22.2 Å². The number of hydrogen-bond donors (Lipinski definition) is 2. The molecule has 0 heterocycles. The lowest BCUT2D eigenvalue weighted by Crippen LogP contribution is -2.49. The van der Waals surface area contributed by atoms with Gasteiger partial charge in [-0.2, -0.15) is 0 Å². The van der Waals surface area contributed by atoms with Crippen molar-refractivity contribution in [2.75, 3.05) is 12.3 Å². The van der Waals surface area contributed by atoms with Crippen molar-refractivity contribution in [1.29, 1.82) is 0 Å². The summed E-state index contributed by atoms with van der Waals surface area (Å²) in [5, 5.41) is 3.59. The van der Waals surface area contributed by atoms with E-state index in [-0.39, 0.29) is 23.7 Å². The fraction of sp³-hybridized carbons (Fsp3) is 0.500. The summed E-state index contributed by atoms with van der Waals surface area (Å²) in [6, 6.07) is 7.18.